The number of hydrogen-bond donors (Lipinski definition) is 0. The molecule has 4 nitrogen and oxygen atoms in total. The molecule has 1 saturated heterocycles. The molecule has 17 heavy (non-hydrogen) atoms. The summed E-state index contributed by atoms with van der Waals surface area (Å²) in [4.78, 5) is 13.6. The van der Waals surface area contributed by atoms with E-state index < -0.39 is 0 Å². The number of hydrogen-bond acceptors (Lipinski definition) is 4. The van der Waals surface area contributed by atoms with Crippen molar-refractivity contribution in [3.63, 3.8) is 0 Å². The van der Waals surface area contributed by atoms with Gasteiger partial charge in [-0.1, -0.05) is 13.8 Å². The number of likely N-dealkylation sites (N-methyl/N-ethyl adjacent to an activating group) is 1. The molecule has 0 N–H and O–H groups in total. The van der Waals surface area contributed by atoms with Gasteiger partial charge in [-0.2, -0.15) is 0 Å². The molecule has 2 rings (SSSR count). The van der Waals surface area contributed by atoms with Gasteiger partial charge in [0.2, 0.25) is 5.95 Å². The van der Waals surface area contributed by atoms with Crippen molar-refractivity contribution in [3.8, 4) is 0 Å². The molecule has 1 aromatic heterocycles. The summed E-state index contributed by atoms with van der Waals surface area (Å²) in [5.41, 5.74) is 1.13. The van der Waals surface area contributed by atoms with E-state index >= 15 is 0 Å². The lowest BCUT2D eigenvalue weighted by Gasteiger charge is -2.20. The molecular formula is C13H22N4. The Morgan fingerprint density at radius 2 is 2.18 bits per heavy atom. The van der Waals surface area contributed by atoms with Gasteiger partial charge in [0, 0.05) is 31.0 Å². The Bertz CT molecular complexity index is 375. The standard InChI is InChI=1S/C13H22N4/c1-10(2)12-5-7-14-13(15-12)17-8-6-11(9-17)16(3)4/h5,7,10-11H,6,8-9H2,1-4H3/t11-/m0/s1. The summed E-state index contributed by atoms with van der Waals surface area (Å²) in [5, 5.41) is 0. The molecule has 0 saturated carbocycles. The Morgan fingerprint density at radius 1 is 1.41 bits per heavy atom. The van der Waals surface area contributed by atoms with Gasteiger partial charge in [0.25, 0.3) is 0 Å². The number of aromatic nitrogens is 2. The van der Waals surface area contributed by atoms with Gasteiger partial charge in [0.1, 0.15) is 0 Å². The maximum atomic E-state index is 4.64. The summed E-state index contributed by atoms with van der Waals surface area (Å²) in [6, 6.07) is 2.63. The molecule has 94 valence electrons. The third-order valence-corrected chi connectivity index (χ3v) is 3.43. The Balaban J connectivity index is 2.11. The SMILES string of the molecule is CC(C)c1ccnc(N2CC[C@H](N(C)C)C2)n1. The topological polar surface area (TPSA) is 32.3 Å². The molecule has 0 bridgehead atoms. The van der Waals surface area contributed by atoms with E-state index in [0.717, 1.165) is 24.7 Å². The largest absolute Gasteiger partial charge is 0.339 e. The van der Waals surface area contributed by atoms with Crippen LogP contribution in [0, 0.1) is 0 Å². The van der Waals surface area contributed by atoms with E-state index in [4.69, 9.17) is 0 Å². The molecule has 0 aliphatic carbocycles. The van der Waals surface area contributed by atoms with E-state index in [2.05, 4.69) is 47.7 Å². The molecule has 4 heteroatoms. The average molecular weight is 234 g/mol. The first-order valence-electron chi connectivity index (χ1n) is 6.32. The van der Waals surface area contributed by atoms with E-state index in [0.29, 0.717) is 12.0 Å². The van der Waals surface area contributed by atoms with Crippen molar-refractivity contribution in [1.29, 1.82) is 0 Å². The van der Waals surface area contributed by atoms with Crippen molar-refractivity contribution in [2.45, 2.75) is 32.2 Å². The summed E-state index contributed by atoms with van der Waals surface area (Å²) >= 11 is 0. The van der Waals surface area contributed by atoms with Crippen LogP contribution < -0.4 is 4.90 Å². The van der Waals surface area contributed by atoms with Crippen LogP contribution in [-0.2, 0) is 0 Å². The van der Waals surface area contributed by atoms with Crippen LogP contribution in [0.4, 0.5) is 5.95 Å². The smallest absolute Gasteiger partial charge is 0.225 e. The van der Waals surface area contributed by atoms with Crippen LogP contribution >= 0.6 is 0 Å². The van der Waals surface area contributed by atoms with Gasteiger partial charge in [0.05, 0.1) is 0 Å². The van der Waals surface area contributed by atoms with Crippen molar-refractivity contribution in [1.82, 2.24) is 14.9 Å². The molecule has 0 aromatic carbocycles. The zero-order valence-electron chi connectivity index (χ0n) is 11.2. The fraction of sp³-hybridized carbons (Fsp3) is 0.692. The highest BCUT2D eigenvalue weighted by Gasteiger charge is 2.25. The highest BCUT2D eigenvalue weighted by Crippen LogP contribution is 2.20. The zero-order valence-corrected chi connectivity index (χ0v) is 11.2. The second-order valence-corrected chi connectivity index (χ2v) is 5.29. The monoisotopic (exact) mass is 234 g/mol. The maximum absolute atomic E-state index is 4.64. The minimum atomic E-state index is 0.462. The van der Waals surface area contributed by atoms with Gasteiger partial charge in [-0.05, 0) is 32.5 Å². The minimum absolute atomic E-state index is 0.462. The first-order chi connectivity index (χ1) is 8.08. The lowest BCUT2D eigenvalue weighted by molar-refractivity contribution is 0.315. The summed E-state index contributed by atoms with van der Waals surface area (Å²) in [5.74, 6) is 1.35. The Hall–Kier alpha value is -1.16. The van der Waals surface area contributed by atoms with Crippen LogP contribution in [-0.4, -0.2) is 48.1 Å². The zero-order chi connectivity index (χ0) is 12.4. The second kappa shape index (κ2) is 5.00. The highest BCUT2D eigenvalue weighted by molar-refractivity contribution is 5.33. The maximum Gasteiger partial charge on any atom is 0.225 e. The highest BCUT2D eigenvalue weighted by atomic mass is 15.3. The van der Waals surface area contributed by atoms with Crippen LogP contribution in [0.5, 0.6) is 0 Å². The third kappa shape index (κ3) is 2.75. The number of nitrogens with zero attached hydrogens (tertiary/aromatic N) is 4. The summed E-state index contributed by atoms with van der Waals surface area (Å²) in [6.07, 6.45) is 3.07. The third-order valence-electron chi connectivity index (χ3n) is 3.43. The van der Waals surface area contributed by atoms with Crippen LogP contribution in [0.15, 0.2) is 12.3 Å². The van der Waals surface area contributed by atoms with Crippen molar-refractivity contribution in [2.24, 2.45) is 0 Å². The van der Waals surface area contributed by atoms with Crippen LogP contribution in [0.2, 0.25) is 0 Å². The van der Waals surface area contributed by atoms with E-state index in [1.807, 2.05) is 12.3 Å². The van der Waals surface area contributed by atoms with Crippen molar-refractivity contribution >= 4 is 5.95 Å². The molecule has 0 spiro atoms. The quantitative estimate of drug-likeness (QED) is 0.797. The first kappa shape index (κ1) is 12.3. The molecule has 0 unspecified atom stereocenters. The fourth-order valence-corrected chi connectivity index (χ4v) is 2.18. The van der Waals surface area contributed by atoms with Crippen LogP contribution in [0.25, 0.3) is 0 Å². The van der Waals surface area contributed by atoms with Crippen LogP contribution in [0.3, 0.4) is 0 Å². The summed E-state index contributed by atoms with van der Waals surface area (Å²) in [7, 11) is 4.28. The molecular weight excluding hydrogens is 212 g/mol. The fourth-order valence-electron chi connectivity index (χ4n) is 2.18. The van der Waals surface area contributed by atoms with E-state index in [9.17, 15) is 0 Å². The summed E-state index contributed by atoms with van der Waals surface area (Å²) < 4.78 is 0. The van der Waals surface area contributed by atoms with Gasteiger partial charge in [0.15, 0.2) is 0 Å². The minimum Gasteiger partial charge on any atom is -0.339 e. The predicted molar refractivity (Wildman–Crippen MR) is 70.4 cm³/mol. The van der Waals surface area contributed by atoms with Gasteiger partial charge >= 0.3 is 0 Å². The van der Waals surface area contributed by atoms with E-state index in [1.54, 1.807) is 0 Å². The lowest BCUT2D eigenvalue weighted by Crippen LogP contribution is -2.32. The molecule has 1 aliphatic rings. The van der Waals surface area contributed by atoms with Gasteiger partial charge in [-0.3, -0.25) is 0 Å². The Labute approximate surface area is 104 Å². The molecule has 0 radical (unpaired) electrons. The van der Waals surface area contributed by atoms with Crippen molar-refractivity contribution in [3.05, 3.63) is 18.0 Å². The van der Waals surface area contributed by atoms with Gasteiger partial charge < -0.3 is 9.80 Å². The summed E-state index contributed by atoms with van der Waals surface area (Å²) in [6.45, 7) is 6.43. The molecule has 1 aromatic rings. The second-order valence-electron chi connectivity index (χ2n) is 5.29. The lowest BCUT2D eigenvalue weighted by atomic mass is 10.1. The molecule has 1 atom stereocenters. The van der Waals surface area contributed by atoms with Crippen molar-refractivity contribution in [2.75, 3.05) is 32.1 Å². The van der Waals surface area contributed by atoms with Gasteiger partial charge in [-0.15, -0.1) is 0 Å². The Morgan fingerprint density at radius 3 is 2.76 bits per heavy atom. The molecule has 1 fully saturated rings. The van der Waals surface area contributed by atoms with E-state index in [-0.39, 0.29) is 0 Å². The average Bonchev–Trinajstić information content (AvgIpc) is 2.78. The first-order valence-corrected chi connectivity index (χ1v) is 6.32. The molecule has 1 aliphatic heterocycles. The predicted octanol–water partition coefficient (Wildman–Crippen LogP) is 1.74. The molecule has 0 amide bonds. The number of rotatable bonds is 3. The van der Waals surface area contributed by atoms with Gasteiger partial charge in [-0.25, -0.2) is 9.97 Å². The van der Waals surface area contributed by atoms with E-state index in [1.165, 1.54) is 6.42 Å². The number of anilines is 1. The molecule has 2 heterocycles. The normalized spacial score (nSPS) is 20.6. The van der Waals surface area contributed by atoms with Crippen molar-refractivity contribution < 1.29 is 0 Å². The van der Waals surface area contributed by atoms with Crippen LogP contribution in [0.1, 0.15) is 31.9 Å². The Kier molecular flexibility index (Phi) is 3.62.